The van der Waals surface area contributed by atoms with Gasteiger partial charge in [0.2, 0.25) is 0 Å². The molecule has 1 atom stereocenters. The third-order valence-corrected chi connectivity index (χ3v) is 2.71. The molecule has 18 heavy (non-hydrogen) atoms. The van der Waals surface area contributed by atoms with Crippen LogP contribution in [0.2, 0.25) is 0 Å². The van der Waals surface area contributed by atoms with Crippen LogP contribution in [0.3, 0.4) is 0 Å². The molecule has 1 rings (SSSR count). The summed E-state index contributed by atoms with van der Waals surface area (Å²) in [5.41, 5.74) is 0.593. The van der Waals surface area contributed by atoms with Crippen molar-refractivity contribution >= 4 is 0 Å². The molecule has 1 aromatic rings. The van der Waals surface area contributed by atoms with E-state index in [4.69, 9.17) is 4.74 Å². The van der Waals surface area contributed by atoms with Gasteiger partial charge >= 0.3 is 0 Å². The van der Waals surface area contributed by atoms with Gasteiger partial charge in [-0.2, -0.15) is 0 Å². The minimum absolute atomic E-state index is 0.196. The molecule has 0 aliphatic rings. The number of halogens is 2. The van der Waals surface area contributed by atoms with Crippen molar-refractivity contribution in [1.29, 1.82) is 0 Å². The van der Waals surface area contributed by atoms with E-state index in [9.17, 15) is 8.78 Å². The quantitative estimate of drug-likeness (QED) is 0.753. The van der Waals surface area contributed by atoms with Crippen LogP contribution in [0.25, 0.3) is 0 Å². The molecule has 0 fully saturated rings. The summed E-state index contributed by atoms with van der Waals surface area (Å²) in [5, 5.41) is 3.10. The Morgan fingerprint density at radius 2 is 1.83 bits per heavy atom. The van der Waals surface area contributed by atoms with Crippen LogP contribution >= 0.6 is 0 Å². The summed E-state index contributed by atoms with van der Waals surface area (Å²) in [7, 11) is 0. The van der Waals surface area contributed by atoms with E-state index < -0.39 is 11.6 Å². The van der Waals surface area contributed by atoms with E-state index >= 15 is 0 Å². The van der Waals surface area contributed by atoms with Crippen LogP contribution in [-0.4, -0.2) is 12.6 Å². The highest BCUT2D eigenvalue weighted by Gasteiger charge is 2.14. The number of nitrogens with one attached hydrogen (secondary N) is 1. The second-order valence-electron chi connectivity index (χ2n) is 4.40. The zero-order chi connectivity index (χ0) is 13.5. The van der Waals surface area contributed by atoms with Gasteiger partial charge in [0.1, 0.15) is 0 Å². The van der Waals surface area contributed by atoms with E-state index in [0.717, 1.165) is 13.0 Å². The lowest BCUT2D eigenvalue weighted by atomic mass is 10.2. The monoisotopic (exact) mass is 257 g/mol. The minimum Gasteiger partial charge on any atom is -0.485 e. The average molecular weight is 257 g/mol. The number of rotatable bonds is 7. The van der Waals surface area contributed by atoms with Crippen LogP contribution in [0, 0.1) is 11.6 Å². The maximum absolute atomic E-state index is 13.7. The van der Waals surface area contributed by atoms with E-state index in [-0.39, 0.29) is 11.9 Å². The summed E-state index contributed by atoms with van der Waals surface area (Å²) in [5.74, 6) is -1.55. The number of hydrogen-bond donors (Lipinski definition) is 1. The first-order valence-corrected chi connectivity index (χ1v) is 6.43. The Morgan fingerprint density at radius 1 is 1.22 bits per heavy atom. The van der Waals surface area contributed by atoms with Crippen molar-refractivity contribution in [3.63, 3.8) is 0 Å². The summed E-state index contributed by atoms with van der Waals surface area (Å²) in [6, 6.07) is 2.65. The highest BCUT2D eigenvalue weighted by Crippen LogP contribution is 2.24. The first kappa shape index (κ1) is 14.9. The smallest absolute Gasteiger partial charge is 0.191 e. The van der Waals surface area contributed by atoms with E-state index in [2.05, 4.69) is 5.32 Å². The van der Waals surface area contributed by atoms with Crippen LogP contribution in [0.4, 0.5) is 8.78 Å². The molecule has 1 N–H and O–H groups in total. The molecule has 1 aromatic carbocycles. The Hall–Kier alpha value is -1.16. The van der Waals surface area contributed by atoms with Crippen molar-refractivity contribution in [2.75, 3.05) is 6.54 Å². The summed E-state index contributed by atoms with van der Waals surface area (Å²) < 4.78 is 32.7. The predicted molar refractivity (Wildman–Crippen MR) is 68.7 cm³/mol. The molecule has 102 valence electrons. The van der Waals surface area contributed by atoms with Crippen LogP contribution in [-0.2, 0) is 6.54 Å². The summed E-state index contributed by atoms with van der Waals surface area (Å²) in [6.07, 6.45) is 1.50. The highest BCUT2D eigenvalue weighted by atomic mass is 19.1. The molecule has 1 unspecified atom stereocenters. The largest absolute Gasteiger partial charge is 0.485 e. The topological polar surface area (TPSA) is 21.3 Å². The first-order valence-electron chi connectivity index (χ1n) is 6.43. The first-order chi connectivity index (χ1) is 8.58. The standard InChI is InChI=1S/C14H21F2NO/c1-4-6-17-9-11-7-12(15)14(13(16)8-11)18-10(3)5-2/h7-8,10,17H,4-6,9H2,1-3H3. The Kier molecular flexibility index (Phi) is 6.05. The molecule has 0 amide bonds. The lowest BCUT2D eigenvalue weighted by Crippen LogP contribution is -2.15. The lowest BCUT2D eigenvalue weighted by Gasteiger charge is -2.15. The third-order valence-electron chi connectivity index (χ3n) is 2.71. The molecule has 0 saturated heterocycles. The molecule has 0 aliphatic carbocycles. The fraction of sp³-hybridized carbons (Fsp3) is 0.571. The predicted octanol–water partition coefficient (Wildman–Crippen LogP) is 3.64. The van der Waals surface area contributed by atoms with E-state index in [0.29, 0.717) is 18.5 Å². The van der Waals surface area contributed by atoms with E-state index in [1.165, 1.54) is 12.1 Å². The fourth-order valence-electron chi connectivity index (χ4n) is 1.52. The van der Waals surface area contributed by atoms with Gasteiger partial charge in [0, 0.05) is 6.54 Å². The zero-order valence-electron chi connectivity index (χ0n) is 11.2. The van der Waals surface area contributed by atoms with Gasteiger partial charge in [0.15, 0.2) is 17.4 Å². The molecule has 0 bridgehead atoms. The fourth-order valence-corrected chi connectivity index (χ4v) is 1.52. The van der Waals surface area contributed by atoms with Crippen molar-refractivity contribution in [3.8, 4) is 5.75 Å². The van der Waals surface area contributed by atoms with Crippen molar-refractivity contribution in [2.24, 2.45) is 0 Å². The molecule has 0 aromatic heterocycles. The number of hydrogen-bond acceptors (Lipinski definition) is 2. The van der Waals surface area contributed by atoms with E-state index in [1.54, 1.807) is 6.92 Å². The van der Waals surface area contributed by atoms with Gasteiger partial charge < -0.3 is 10.1 Å². The van der Waals surface area contributed by atoms with Crippen LogP contribution < -0.4 is 10.1 Å². The molecule has 0 radical (unpaired) electrons. The Bertz CT molecular complexity index is 359. The Morgan fingerprint density at radius 3 is 2.33 bits per heavy atom. The minimum atomic E-state index is -0.636. The molecular weight excluding hydrogens is 236 g/mol. The molecule has 0 aliphatic heterocycles. The summed E-state index contributed by atoms with van der Waals surface area (Å²) in [6.45, 7) is 7.02. The molecule has 0 spiro atoms. The van der Waals surface area contributed by atoms with E-state index in [1.807, 2.05) is 13.8 Å². The normalized spacial score (nSPS) is 12.5. The number of ether oxygens (including phenoxy) is 1. The van der Waals surface area contributed by atoms with Crippen molar-refractivity contribution in [1.82, 2.24) is 5.32 Å². The van der Waals surface area contributed by atoms with Gasteiger partial charge in [-0.05, 0) is 44.0 Å². The Labute approximate surface area is 107 Å². The Balaban J connectivity index is 2.77. The van der Waals surface area contributed by atoms with Crippen molar-refractivity contribution in [3.05, 3.63) is 29.3 Å². The maximum Gasteiger partial charge on any atom is 0.191 e. The molecular formula is C14H21F2NO. The van der Waals surface area contributed by atoms with Crippen LogP contribution in [0.1, 0.15) is 39.2 Å². The third kappa shape index (κ3) is 4.26. The molecule has 0 saturated carbocycles. The van der Waals surface area contributed by atoms with Crippen LogP contribution in [0.15, 0.2) is 12.1 Å². The maximum atomic E-state index is 13.7. The van der Waals surface area contributed by atoms with Gasteiger partial charge in [-0.1, -0.05) is 13.8 Å². The number of benzene rings is 1. The summed E-state index contributed by atoms with van der Waals surface area (Å²) in [4.78, 5) is 0. The van der Waals surface area contributed by atoms with Gasteiger partial charge in [-0.15, -0.1) is 0 Å². The second kappa shape index (κ2) is 7.31. The second-order valence-corrected chi connectivity index (χ2v) is 4.40. The summed E-state index contributed by atoms with van der Waals surface area (Å²) >= 11 is 0. The molecule has 4 heteroatoms. The molecule has 2 nitrogen and oxygen atoms in total. The lowest BCUT2D eigenvalue weighted by molar-refractivity contribution is 0.197. The SMILES string of the molecule is CCCNCc1cc(F)c(OC(C)CC)c(F)c1. The van der Waals surface area contributed by atoms with Gasteiger partial charge in [-0.3, -0.25) is 0 Å². The van der Waals surface area contributed by atoms with Crippen molar-refractivity contribution in [2.45, 2.75) is 46.3 Å². The van der Waals surface area contributed by atoms with Gasteiger partial charge in [-0.25, -0.2) is 8.78 Å². The van der Waals surface area contributed by atoms with Gasteiger partial charge in [0.25, 0.3) is 0 Å². The van der Waals surface area contributed by atoms with Crippen LogP contribution in [0.5, 0.6) is 5.75 Å². The zero-order valence-corrected chi connectivity index (χ0v) is 11.2. The highest BCUT2D eigenvalue weighted by molar-refractivity contribution is 5.31. The van der Waals surface area contributed by atoms with Crippen molar-refractivity contribution < 1.29 is 13.5 Å². The molecule has 0 heterocycles. The van der Waals surface area contributed by atoms with Gasteiger partial charge in [0.05, 0.1) is 6.10 Å². The average Bonchev–Trinajstić information content (AvgIpc) is 2.34.